The zero-order valence-corrected chi connectivity index (χ0v) is 18.5. The first kappa shape index (κ1) is 23.0. The second-order valence-corrected chi connectivity index (χ2v) is 7.13. The number of rotatable bonds is 9. The van der Waals surface area contributed by atoms with Crippen LogP contribution in [0.2, 0.25) is 0 Å². The molecule has 1 aliphatic carbocycles. The van der Waals surface area contributed by atoms with Gasteiger partial charge in [-0.3, -0.25) is 4.99 Å². The van der Waals surface area contributed by atoms with Gasteiger partial charge in [-0.1, -0.05) is 12.8 Å². The first-order valence-corrected chi connectivity index (χ1v) is 9.98. The van der Waals surface area contributed by atoms with E-state index in [1.807, 2.05) is 0 Å². The summed E-state index contributed by atoms with van der Waals surface area (Å²) in [7, 11) is 2.15. The number of ether oxygens (including phenoxy) is 2. The Labute approximate surface area is 171 Å². The van der Waals surface area contributed by atoms with Gasteiger partial charge < -0.3 is 19.7 Å². The average Bonchev–Trinajstić information content (AvgIpc) is 3.13. The van der Waals surface area contributed by atoms with Crippen molar-refractivity contribution in [2.24, 2.45) is 10.9 Å². The normalized spacial score (nSPS) is 19.7. The summed E-state index contributed by atoms with van der Waals surface area (Å²) in [5.74, 6) is 1.84. The molecule has 5 nitrogen and oxygen atoms in total. The van der Waals surface area contributed by atoms with Crippen molar-refractivity contribution in [3.63, 3.8) is 0 Å². The van der Waals surface area contributed by atoms with Gasteiger partial charge in [0, 0.05) is 46.5 Å². The predicted octanol–water partition coefficient (Wildman–Crippen LogP) is 3.67. The number of guanidine groups is 1. The molecule has 25 heavy (non-hydrogen) atoms. The summed E-state index contributed by atoms with van der Waals surface area (Å²) in [5.41, 5.74) is 0. The summed E-state index contributed by atoms with van der Waals surface area (Å²) in [6, 6.07) is 0. The SMILES string of the molecule is CCNC(=NCCCOC1CCCC1)N(C)CCC1CCOCC1.I. The van der Waals surface area contributed by atoms with Crippen LogP contribution in [0.3, 0.4) is 0 Å². The molecule has 0 amide bonds. The van der Waals surface area contributed by atoms with Gasteiger partial charge in [0.1, 0.15) is 0 Å². The lowest BCUT2D eigenvalue weighted by Gasteiger charge is -2.26. The van der Waals surface area contributed by atoms with E-state index in [2.05, 4.69) is 24.2 Å². The zero-order chi connectivity index (χ0) is 17.0. The largest absolute Gasteiger partial charge is 0.381 e. The van der Waals surface area contributed by atoms with E-state index in [4.69, 9.17) is 14.5 Å². The van der Waals surface area contributed by atoms with Crippen LogP contribution in [0.5, 0.6) is 0 Å². The standard InChI is InChI=1S/C19H37N3O2.HI/c1-3-20-19(21-12-6-14-24-18-7-4-5-8-18)22(2)13-9-17-10-15-23-16-11-17;/h17-18H,3-16H2,1-2H3,(H,20,21);1H. The highest BCUT2D eigenvalue weighted by molar-refractivity contribution is 14.0. The minimum Gasteiger partial charge on any atom is -0.381 e. The van der Waals surface area contributed by atoms with Gasteiger partial charge in [0.25, 0.3) is 0 Å². The van der Waals surface area contributed by atoms with Crippen molar-refractivity contribution in [1.82, 2.24) is 10.2 Å². The van der Waals surface area contributed by atoms with E-state index in [0.29, 0.717) is 6.10 Å². The number of halogens is 1. The maximum absolute atomic E-state index is 5.92. The zero-order valence-electron chi connectivity index (χ0n) is 16.2. The summed E-state index contributed by atoms with van der Waals surface area (Å²) in [5, 5.41) is 3.41. The summed E-state index contributed by atoms with van der Waals surface area (Å²) < 4.78 is 11.4. The van der Waals surface area contributed by atoms with Crippen LogP contribution in [0.15, 0.2) is 4.99 Å². The molecule has 0 unspecified atom stereocenters. The number of nitrogens with zero attached hydrogens (tertiary/aromatic N) is 2. The molecular formula is C19H38IN3O2. The van der Waals surface area contributed by atoms with Crippen molar-refractivity contribution in [3.8, 4) is 0 Å². The third-order valence-corrected chi connectivity index (χ3v) is 5.13. The number of aliphatic imine (C=N–C) groups is 1. The molecule has 148 valence electrons. The van der Waals surface area contributed by atoms with E-state index >= 15 is 0 Å². The molecular weight excluding hydrogens is 429 g/mol. The number of hydrogen-bond donors (Lipinski definition) is 1. The lowest BCUT2D eigenvalue weighted by atomic mass is 9.96. The van der Waals surface area contributed by atoms with Crippen LogP contribution in [0.1, 0.15) is 58.3 Å². The van der Waals surface area contributed by atoms with Crippen molar-refractivity contribution < 1.29 is 9.47 Å². The molecule has 2 rings (SSSR count). The van der Waals surface area contributed by atoms with Gasteiger partial charge in [-0.2, -0.15) is 0 Å². The molecule has 0 aromatic carbocycles. The van der Waals surface area contributed by atoms with Gasteiger partial charge in [0.2, 0.25) is 0 Å². The van der Waals surface area contributed by atoms with Crippen LogP contribution in [-0.4, -0.2) is 63.5 Å². The molecule has 0 spiro atoms. The van der Waals surface area contributed by atoms with Crippen LogP contribution in [-0.2, 0) is 9.47 Å². The van der Waals surface area contributed by atoms with E-state index in [9.17, 15) is 0 Å². The minimum absolute atomic E-state index is 0. The van der Waals surface area contributed by atoms with Gasteiger partial charge in [0.05, 0.1) is 6.10 Å². The Morgan fingerprint density at radius 1 is 1.20 bits per heavy atom. The molecule has 0 radical (unpaired) electrons. The summed E-state index contributed by atoms with van der Waals surface area (Å²) >= 11 is 0. The van der Waals surface area contributed by atoms with Crippen LogP contribution < -0.4 is 5.32 Å². The summed E-state index contributed by atoms with van der Waals surface area (Å²) in [6.45, 7) is 7.67. The van der Waals surface area contributed by atoms with Gasteiger partial charge in [0.15, 0.2) is 5.96 Å². The molecule has 1 saturated heterocycles. The van der Waals surface area contributed by atoms with Gasteiger partial charge in [-0.15, -0.1) is 24.0 Å². The fourth-order valence-corrected chi connectivity index (χ4v) is 3.54. The van der Waals surface area contributed by atoms with Crippen molar-refractivity contribution in [3.05, 3.63) is 0 Å². The maximum Gasteiger partial charge on any atom is 0.193 e. The molecule has 0 atom stereocenters. The Hall–Kier alpha value is -0.0800. The van der Waals surface area contributed by atoms with Crippen molar-refractivity contribution >= 4 is 29.9 Å². The summed E-state index contributed by atoms with van der Waals surface area (Å²) in [4.78, 5) is 7.04. The van der Waals surface area contributed by atoms with E-state index in [1.54, 1.807) is 0 Å². The van der Waals surface area contributed by atoms with Crippen molar-refractivity contribution in [2.45, 2.75) is 64.4 Å². The highest BCUT2D eigenvalue weighted by Crippen LogP contribution is 2.21. The third kappa shape index (κ3) is 9.43. The van der Waals surface area contributed by atoms with Crippen LogP contribution in [0.4, 0.5) is 0 Å². The Morgan fingerprint density at radius 2 is 1.92 bits per heavy atom. The first-order chi connectivity index (χ1) is 11.8. The highest BCUT2D eigenvalue weighted by atomic mass is 127. The first-order valence-electron chi connectivity index (χ1n) is 9.98. The smallest absolute Gasteiger partial charge is 0.193 e. The lowest BCUT2D eigenvalue weighted by Crippen LogP contribution is -2.40. The molecule has 1 aliphatic heterocycles. The quantitative estimate of drug-likeness (QED) is 0.243. The van der Waals surface area contributed by atoms with E-state index in [-0.39, 0.29) is 24.0 Å². The van der Waals surface area contributed by atoms with Gasteiger partial charge in [-0.05, 0) is 51.4 Å². The second-order valence-electron chi connectivity index (χ2n) is 7.13. The Balaban J connectivity index is 0.00000312. The maximum atomic E-state index is 5.92. The number of hydrogen-bond acceptors (Lipinski definition) is 3. The van der Waals surface area contributed by atoms with Crippen LogP contribution in [0, 0.1) is 5.92 Å². The molecule has 2 aliphatic rings. The molecule has 0 bridgehead atoms. The van der Waals surface area contributed by atoms with Crippen LogP contribution >= 0.6 is 24.0 Å². The predicted molar refractivity (Wildman–Crippen MR) is 115 cm³/mol. The fraction of sp³-hybridized carbons (Fsp3) is 0.947. The molecule has 1 N–H and O–H groups in total. The molecule has 1 heterocycles. The lowest BCUT2D eigenvalue weighted by molar-refractivity contribution is 0.0579. The van der Waals surface area contributed by atoms with Crippen molar-refractivity contribution in [2.75, 3.05) is 46.5 Å². The molecule has 2 fully saturated rings. The Bertz CT molecular complexity index is 357. The second kappa shape index (κ2) is 14.0. The monoisotopic (exact) mass is 467 g/mol. The topological polar surface area (TPSA) is 46.1 Å². The van der Waals surface area contributed by atoms with E-state index in [1.165, 1.54) is 44.9 Å². The van der Waals surface area contributed by atoms with E-state index < -0.39 is 0 Å². The fourth-order valence-electron chi connectivity index (χ4n) is 3.54. The molecule has 0 aromatic rings. The Morgan fingerprint density at radius 3 is 2.60 bits per heavy atom. The molecule has 1 saturated carbocycles. The minimum atomic E-state index is 0. The highest BCUT2D eigenvalue weighted by Gasteiger charge is 2.16. The van der Waals surface area contributed by atoms with E-state index in [0.717, 1.165) is 57.8 Å². The van der Waals surface area contributed by atoms with Crippen molar-refractivity contribution in [1.29, 1.82) is 0 Å². The van der Waals surface area contributed by atoms with Gasteiger partial charge in [-0.25, -0.2) is 0 Å². The van der Waals surface area contributed by atoms with Gasteiger partial charge >= 0.3 is 0 Å². The average molecular weight is 467 g/mol. The van der Waals surface area contributed by atoms with Crippen LogP contribution in [0.25, 0.3) is 0 Å². The summed E-state index contributed by atoms with van der Waals surface area (Å²) in [6.07, 6.45) is 10.4. The Kier molecular flexibility index (Phi) is 12.9. The number of nitrogens with one attached hydrogen (secondary N) is 1. The molecule has 0 aromatic heterocycles. The molecule has 6 heteroatoms. The third-order valence-electron chi connectivity index (χ3n) is 5.13.